The summed E-state index contributed by atoms with van der Waals surface area (Å²) in [4.78, 5) is 0. The minimum atomic E-state index is -2.93. The molecule has 44 heavy (non-hydrogen) atoms. The summed E-state index contributed by atoms with van der Waals surface area (Å²) < 4.78 is 4.73. The van der Waals surface area contributed by atoms with Crippen LogP contribution in [0.15, 0.2) is 99.9 Å². The van der Waals surface area contributed by atoms with Crippen LogP contribution in [0, 0.1) is 25.2 Å². The summed E-state index contributed by atoms with van der Waals surface area (Å²) >= 11 is 10.5. The quantitative estimate of drug-likeness (QED) is 0.248. The van der Waals surface area contributed by atoms with Gasteiger partial charge in [-0.2, -0.15) is 0 Å². The molecule has 6 rings (SSSR count). The minimum Gasteiger partial charge on any atom is -1.00 e. The van der Waals surface area contributed by atoms with Crippen molar-refractivity contribution in [2.24, 2.45) is 11.3 Å². The van der Waals surface area contributed by atoms with Gasteiger partial charge in [-0.15, -0.1) is 0 Å². The van der Waals surface area contributed by atoms with Gasteiger partial charge in [0.15, 0.2) is 0 Å². The molecule has 0 aliphatic heterocycles. The van der Waals surface area contributed by atoms with Gasteiger partial charge in [-0.1, -0.05) is 0 Å². The predicted octanol–water partition coefficient (Wildman–Crippen LogP) is 4.60. The fourth-order valence-corrected chi connectivity index (χ4v) is 16.1. The van der Waals surface area contributed by atoms with Crippen LogP contribution in [0.2, 0.25) is 10.0 Å². The summed E-state index contributed by atoms with van der Waals surface area (Å²) in [5.74, 6) is 0.434. The van der Waals surface area contributed by atoms with Crippen molar-refractivity contribution in [1.29, 1.82) is 0 Å². The van der Waals surface area contributed by atoms with Crippen molar-refractivity contribution in [1.82, 2.24) is 0 Å². The van der Waals surface area contributed by atoms with Gasteiger partial charge in [0.1, 0.15) is 0 Å². The summed E-state index contributed by atoms with van der Waals surface area (Å²) in [6.45, 7) is 13.9. The third-order valence-corrected chi connectivity index (χ3v) is 17.6. The molecule has 0 spiro atoms. The number of rotatable bonds is 5. The van der Waals surface area contributed by atoms with Gasteiger partial charge in [-0.3, -0.25) is 0 Å². The molecule has 2 aliphatic carbocycles. The Morgan fingerprint density at radius 2 is 1.43 bits per heavy atom. The van der Waals surface area contributed by atoms with Crippen LogP contribution in [0.1, 0.15) is 67.5 Å². The molecule has 0 nitrogen and oxygen atoms in total. The Morgan fingerprint density at radius 3 is 2.00 bits per heavy atom. The van der Waals surface area contributed by atoms with Crippen molar-refractivity contribution in [3.05, 3.63) is 143 Å². The first-order valence-electron chi connectivity index (χ1n) is 15.0. The van der Waals surface area contributed by atoms with E-state index in [0.717, 1.165) is 22.9 Å². The molecule has 2 aliphatic rings. The molecule has 4 aromatic carbocycles. The molecule has 0 radical (unpaired) electrons. The van der Waals surface area contributed by atoms with Crippen LogP contribution >= 0.6 is 23.2 Å². The van der Waals surface area contributed by atoms with Crippen LogP contribution < -0.4 is 28.1 Å². The molecule has 0 saturated carbocycles. The molecule has 0 saturated heterocycles. The van der Waals surface area contributed by atoms with Crippen LogP contribution in [0.4, 0.5) is 0 Å². The molecule has 5 heteroatoms. The Kier molecular flexibility index (Phi) is 11.1. The van der Waals surface area contributed by atoms with Gasteiger partial charge in [-0.25, -0.2) is 0 Å². The van der Waals surface area contributed by atoms with Crippen LogP contribution in [-0.4, -0.2) is 3.21 Å². The molecule has 0 aromatic heterocycles. The largest absolute Gasteiger partial charge is 1.00 e. The van der Waals surface area contributed by atoms with Gasteiger partial charge in [0.05, 0.1) is 0 Å². The maximum atomic E-state index is 6.72. The van der Waals surface area contributed by atoms with Gasteiger partial charge in [0.2, 0.25) is 0 Å². The van der Waals surface area contributed by atoms with Crippen molar-refractivity contribution >= 4 is 29.7 Å². The third-order valence-electron chi connectivity index (χ3n) is 8.85. The third kappa shape index (κ3) is 6.70. The predicted molar refractivity (Wildman–Crippen MR) is 179 cm³/mol. The van der Waals surface area contributed by atoms with Crippen LogP contribution in [0.3, 0.4) is 0 Å². The monoisotopic (exact) mass is 736 g/mol. The van der Waals surface area contributed by atoms with E-state index in [1.165, 1.54) is 53.3 Å². The number of benzene rings is 4. The van der Waals surface area contributed by atoms with Crippen LogP contribution in [0.5, 0.6) is 0 Å². The average molecular weight is 740 g/mol. The molecule has 0 bridgehead atoms. The van der Waals surface area contributed by atoms with E-state index in [0.29, 0.717) is 5.92 Å². The van der Waals surface area contributed by atoms with E-state index >= 15 is 0 Å². The van der Waals surface area contributed by atoms with E-state index in [1.807, 2.05) is 12.1 Å². The standard InChI is InChI=1S/C15H13.C13H8Cl2.C11H17.2ClH.Zr/c1-10-3-5-14-12(7-10)9-13-8-11(2)4-6-15(13)14;14-12-5-1-3-10(8-12)7-11-4-2-6-13(15)9-11;1-5-9-6-7-10(8-9)11(2,3)4;;;/h3-7H,9H2,1-2H3;1-6,8-9H;7-9H,5H2,1-4H3;2*1H;/q;;;;;+2/p-2. The summed E-state index contributed by atoms with van der Waals surface area (Å²) in [7, 11) is 0. The molecule has 226 valence electrons. The van der Waals surface area contributed by atoms with E-state index in [1.54, 1.807) is 6.55 Å². The van der Waals surface area contributed by atoms with Crippen molar-refractivity contribution < 1.29 is 46.1 Å². The van der Waals surface area contributed by atoms with Crippen LogP contribution in [0.25, 0.3) is 11.1 Å². The Labute approximate surface area is 293 Å². The van der Waals surface area contributed by atoms with E-state index in [9.17, 15) is 0 Å². The normalized spacial score (nSPS) is 14.8. The van der Waals surface area contributed by atoms with Gasteiger partial charge in [0.25, 0.3) is 0 Å². The molecule has 0 fully saturated rings. The average Bonchev–Trinajstić information content (AvgIpc) is 3.53. The molecule has 1 unspecified atom stereocenters. The number of fused-ring (bicyclic) bond motifs is 3. The zero-order chi connectivity index (χ0) is 29.8. The number of aryl methyl sites for hydroxylation is 2. The number of halogens is 4. The van der Waals surface area contributed by atoms with Gasteiger partial charge in [0, 0.05) is 0 Å². The smallest absolute Gasteiger partial charge is 1.00 e. The van der Waals surface area contributed by atoms with E-state index < -0.39 is 21.3 Å². The van der Waals surface area contributed by atoms with Crippen molar-refractivity contribution in [2.75, 3.05) is 0 Å². The fourth-order valence-electron chi connectivity index (χ4n) is 6.72. The number of hydrogen-bond donors (Lipinski definition) is 0. The maximum absolute atomic E-state index is 6.72. The summed E-state index contributed by atoms with van der Waals surface area (Å²) in [6, 6.07) is 28.8. The topological polar surface area (TPSA) is 0 Å². The van der Waals surface area contributed by atoms with E-state index in [2.05, 4.69) is 120 Å². The number of allylic oxidation sites excluding steroid dienone is 4. The van der Waals surface area contributed by atoms with Crippen molar-refractivity contribution in [2.45, 2.75) is 54.4 Å². The Bertz CT molecular complexity index is 1770. The molecule has 0 amide bonds. The SMILES string of the molecule is CCC1C=C(C(C)(C)C)C=[C]1[Zr+2](=[C](c1cccc(Cl)c1)c1cccc(Cl)c1)[c]1c(C)ccc2c1Cc1cc(C)ccc1-2.[Cl-].[Cl-]. The first kappa shape index (κ1) is 35.1. The molecule has 0 N–H and O–H groups in total. The zero-order valence-electron chi connectivity index (χ0n) is 26.2. The Morgan fingerprint density at radius 1 is 0.818 bits per heavy atom. The molecule has 4 aromatic rings. The van der Waals surface area contributed by atoms with Gasteiger partial charge in [-0.05, 0) is 0 Å². The zero-order valence-corrected chi connectivity index (χ0v) is 31.6. The van der Waals surface area contributed by atoms with Gasteiger partial charge < -0.3 is 24.8 Å². The first-order valence-corrected chi connectivity index (χ1v) is 19.4. The first-order chi connectivity index (χ1) is 20.0. The fraction of sp³-hybridized carbons (Fsp3) is 0.256. The van der Waals surface area contributed by atoms with Gasteiger partial charge >= 0.3 is 271 Å². The molecular weight excluding hydrogens is 701 g/mol. The molecular formula is C39H38Cl4Zr. The van der Waals surface area contributed by atoms with Crippen molar-refractivity contribution in [3.8, 4) is 11.1 Å². The Hall–Kier alpha value is -1.73. The van der Waals surface area contributed by atoms with Crippen LogP contribution in [-0.2, 0) is 27.7 Å². The summed E-state index contributed by atoms with van der Waals surface area (Å²) in [5, 5.41) is 1.54. The second kappa shape index (κ2) is 13.9. The summed E-state index contributed by atoms with van der Waals surface area (Å²) in [5.41, 5.74) is 12.5. The van der Waals surface area contributed by atoms with Crippen molar-refractivity contribution in [3.63, 3.8) is 0 Å². The number of hydrogen-bond acceptors (Lipinski definition) is 0. The second-order valence-electron chi connectivity index (χ2n) is 12.9. The minimum absolute atomic E-state index is 0. The molecule has 0 heterocycles. The summed E-state index contributed by atoms with van der Waals surface area (Å²) in [6.07, 6.45) is 7.26. The van der Waals surface area contributed by atoms with E-state index in [-0.39, 0.29) is 30.2 Å². The second-order valence-corrected chi connectivity index (χ2v) is 19.5. The molecule has 1 atom stereocenters. The van der Waals surface area contributed by atoms with E-state index in [4.69, 9.17) is 23.2 Å². The Balaban J connectivity index is 0.00000221. The maximum Gasteiger partial charge on any atom is -1.00 e.